The minimum Gasteiger partial charge on any atom is -0.337 e. The van der Waals surface area contributed by atoms with E-state index in [1.54, 1.807) is 23.2 Å². The monoisotopic (exact) mass is 399 g/mol. The Morgan fingerprint density at radius 3 is 2.77 bits per heavy atom. The molecule has 5 rings (SSSR count). The van der Waals surface area contributed by atoms with Crippen molar-refractivity contribution in [2.75, 3.05) is 7.05 Å². The molecule has 0 radical (unpaired) electrons. The lowest BCUT2D eigenvalue weighted by atomic mass is 9.94. The number of H-pyrrole nitrogens is 1. The summed E-state index contributed by atoms with van der Waals surface area (Å²) in [6.07, 6.45) is 4.00. The van der Waals surface area contributed by atoms with E-state index in [0.717, 1.165) is 46.0 Å². The van der Waals surface area contributed by atoms with E-state index in [1.165, 1.54) is 6.07 Å². The molecule has 1 heterocycles. The SMILES string of the molecule is CN(Cc1cccc2cn[nH]c12)C(=O)c1ccc(-c2cccc(F)c2)c(C2CC2)c1. The van der Waals surface area contributed by atoms with E-state index < -0.39 is 0 Å². The maximum atomic E-state index is 13.7. The Labute approximate surface area is 174 Å². The Bertz CT molecular complexity index is 1240. The average molecular weight is 399 g/mol. The number of nitrogens with zero attached hydrogens (tertiary/aromatic N) is 2. The second-order valence-electron chi connectivity index (χ2n) is 8.00. The number of fused-ring (bicyclic) bond motifs is 1. The Morgan fingerprint density at radius 2 is 1.97 bits per heavy atom. The molecule has 0 aliphatic heterocycles. The van der Waals surface area contributed by atoms with Crippen molar-refractivity contribution in [1.82, 2.24) is 15.1 Å². The normalized spacial score (nSPS) is 13.5. The van der Waals surface area contributed by atoms with Gasteiger partial charge in [0, 0.05) is 24.5 Å². The zero-order chi connectivity index (χ0) is 20.7. The molecule has 4 aromatic rings. The van der Waals surface area contributed by atoms with E-state index in [9.17, 15) is 9.18 Å². The summed E-state index contributed by atoms with van der Waals surface area (Å²) in [5.41, 5.74) is 5.65. The van der Waals surface area contributed by atoms with E-state index in [-0.39, 0.29) is 11.7 Å². The molecule has 1 aliphatic carbocycles. The molecule has 1 fully saturated rings. The first-order valence-corrected chi connectivity index (χ1v) is 10.2. The summed E-state index contributed by atoms with van der Waals surface area (Å²) in [6.45, 7) is 0.489. The highest BCUT2D eigenvalue weighted by atomic mass is 19.1. The first kappa shape index (κ1) is 18.6. The van der Waals surface area contributed by atoms with Gasteiger partial charge in [-0.15, -0.1) is 0 Å². The molecule has 1 saturated carbocycles. The van der Waals surface area contributed by atoms with Crippen molar-refractivity contribution in [3.8, 4) is 11.1 Å². The number of hydrogen-bond donors (Lipinski definition) is 1. The maximum Gasteiger partial charge on any atom is 0.253 e. The second-order valence-corrected chi connectivity index (χ2v) is 8.00. The minimum atomic E-state index is -0.248. The van der Waals surface area contributed by atoms with Crippen molar-refractivity contribution < 1.29 is 9.18 Å². The molecule has 1 aromatic heterocycles. The number of aromatic amines is 1. The van der Waals surface area contributed by atoms with Crippen LogP contribution in [-0.4, -0.2) is 28.1 Å². The number of halogens is 1. The fourth-order valence-corrected chi connectivity index (χ4v) is 4.06. The lowest BCUT2D eigenvalue weighted by Gasteiger charge is -2.19. The highest BCUT2D eigenvalue weighted by molar-refractivity contribution is 5.95. The molecule has 0 spiro atoms. The summed E-state index contributed by atoms with van der Waals surface area (Å²) < 4.78 is 13.7. The molecule has 1 aliphatic rings. The summed E-state index contributed by atoms with van der Waals surface area (Å²) in [7, 11) is 1.81. The van der Waals surface area contributed by atoms with Crippen LogP contribution in [0.2, 0.25) is 0 Å². The smallest absolute Gasteiger partial charge is 0.253 e. The number of nitrogens with one attached hydrogen (secondary N) is 1. The molecule has 0 atom stereocenters. The molecule has 0 bridgehead atoms. The fraction of sp³-hybridized carbons (Fsp3) is 0.200. The van der Waals surface area contributed by atoms with E-state index in [0.29, 0.717) is 18.0 Å². The van der Waals surface area contributed by atoms with Crippen molar-refractivity contribution >= 4 is 16.8 Å². The lowest BCUT2D eigenvalue weighted by Crippen LogP contribution is -2.26. The number of carbonyl (C=O) groups is 1. The Kier molecular flexibility index (Phi) is 4.58. The molecular weight excluding hydrogens is 377 g/mol. The third kappa shape index (κ3) is 3.47. The third-order valence-electron chi connectivity index (χ3n) is 5.77. The Morgan fingerprint density at radius 1 is 1.13 bits per heavy atom. The maximum absolute atomic E-state index is 13.7. The van der Waals surface area contributed by atoms with Gasteiger partial charge in [0.2, 0.25) is 0 Å². The van der Waals surface area contributed by atoms with Gasteiger partial charge in [-0.3, -0.25) is 9.89 Å². The van der Waals surface area contributed by atoms with E-state index in [4.69, 9.17) is 0 Å². The first-order chi connectivity index (χ1) is 14.6. The van der Waals surface area contributed by atoms with Gasteiger partial charge in [-0.25, -0.2) is 4.39 Å². The summed E-state index contributed by atoms with van der Waals surface area (Å²) in [5.74, 6) is 0.168. The largest absolute Gasteiger partial charge is 0.337 e. The summed E-state index contributed by atoms with van der Waals surface area (Å²) >= 11 is 0. The van der Waals surface area contributed by atoms with Crippen LogP contribution in [0.3, 0.4) is 0 Å². The van der Waals surface area contributed by atoms with Crippen LogP contribution in [0.15, 0.2) is 66.9 Å². The van der Waals surface area contributed by atoms with Crippen molar-refractivity contribution in [3.63, 3.8) is 0 Å². The number of hydrogen-bond acceptors (Lipinski definition) is 2. The minimum absolute atomic E-state index is 0.0285. The van der Waals surface area contributed by atoms with Crippen molar-refractivity contribution in [2.45, 2.75) is 25.3 Å². The Balaban J connectivity index is 1.44. The second kappa shape index (κ2) is 7.41. The molecule has 30 heavy (non-hydrogen) atoms. The average Bonchev–Trinajstić information content (AvgIpc) is 3.49. The van der Waals surface area contributed by atoms with Crippen LogP contribution in [-0.2, 0) is 6.54 Å². The molecule has 5 heteroatoms. The molecule has 3 aromatic carbocycles. The number of benzene rings is 3. The molecule has 0 saturated heterocycles. The number of amides is 1. The molecule has 1 N–H and O–H groups in total. The van der Waals surface area contributed by atoms with E-state index >= 15 is 0 Å². The first-order valence-electron chi connectivity index (χ1n) is 10.2. The topological polar surface area (TPSA) is 49.0 Å². The van der Waals surface area contributed by atoms with Crippen molar-refractivity contribution in [1.29, 1.82) is 0 Å². The van der Waals surface area contributed by atoms with Gasteiger partial charge in [0.1, 0.15) is 5.82 Å². The van der Waals surface area contributed by atoms with Gasteiger partial charge >= 0.3 is 0 Å². The molecule has 4 nitrogen and oxygen atoms in total. The quantitative estimate of drug-likeness (QED) is 0.480. The van der Waals surface area contributed by atoms with Crippen LogP contribution in [0.25, 0.3) is 22.0 Å². The van der Waals surface area contributed by atoms with Crippen LogP contribution in [0.1, 0.15) is 40.2 Å². The van der Waals surface area contributed by atoms with Gasteiger partial charge in [0.25, 0.3) is 5.91 Å². The van der Waals surface area contributed by atoms with Gasteiger partial charge in [-0.05, 0) is 65.3 Å². The van der Waals surface area contributed by atoms with Crippen molar-refractivity contribution in [3.05, 3.63) is 89.4 Å². The standard InChI is InChI=1S/C25H22FN3O/c1-29(15-20-6-2-5-19-14-27-28-24(19)20)25(30)18-10-11-22(23(13-18)16-8-9-16)17-4-3-7-21(26)12-17/h2-7,10-14,16H,8-9,15H2,1H3,(H,27,28). The Hall–Kier alpha value is -3.47. The summed E-state index contributed by atoms with van der Waals surface area (Å²) in [5, 5.41) is 8.15. The third-order valence-corrected chi connectivity index (χ3v) is 5.77. The lowest BCUT2D eigenvalue weighted by molar-refractivity contribution is 0.0785. The van der Waals surface area contributed by atoms with Crippen LogP contribution in [0, 0.1) is 5.82 Å². The van der Waals surface area contributed by atoms with Gasteiger partial charge in [0.05, 0.1) is 11.7 Å². The number of aromatic nitrogens is 2. The molecule has 150 valence electrons. The van der Waals surface area contributed by atoms with Gasteiger partial charge in [-0.2, -0.15) is 5.10 Å². The zero-order valence-corrected chi connectivity index (χ0v) is 16.7. The highest BCUT2D eigenvalue weighted by Gasteiger charge is 2.28. The van der Waals surface area contributed by atoms with Crippen LogP contribution >= 0.6 is 0 Å². The number of para-hydroxylation sites is 1. The van der Waals surface area contributed by atoms with Crippen molar-refractivity contribution in [2.24, 2.45) is 0 Å². The van der Waals surface area contributed by atoms with Crippen LogP contribution in [0.4, 0.5) is 4.39 Å². The summed E-state index contributed by atoms with van der Waals surface area (Å²) in [4.78, 5) is 14.9. The number of carbonyl (C=O) groups excluding carboxylic acids is 1. The molecular formula is C25H22FN3O. The van der Waals surface area contributed by atoms with Crippen LogP contribution in [0.5, 0.6) is 0 Å². The van der Waals surface area contributed by atoms with Gasteiger partial charge in [-0.1, -0.05) is 36.4 Å². The summed E-state index contributed by atoms with van der Waals surface area (Å²) in [6, 6.07) is 18.4. The van der Waals surface area contributed by atoms with E-state index in [2.05, 4.69) is 10.2 Å². The number of rotatable bonds is 5. The van der Waals surface area contributed by atoms with Gasteiger partial charge in [0.15, 0.2) is 0 Å². The highest BCUT2D eigenvalue weighted by Crippen LogP contribution is 2.45. The molecule has 1 amide bonds. The zero-order valence-electron chi connectivity index (χ0n) is 16.7. The van der Waals surface area contributed by atoms with Gasteiger partial charge < -0.3 is 4.90 Å². The predicted octanol–water partition coefficient (Wildman–Crippen LogP) is 5.52. The van der Waals surface area contributed by atoms with Crippen LogP contribution < -0.4 is 0 Å². The fourth-order valence-electron chi connectivity index (χ4n) is 4.06. The predicted molar refractivity (Wildman–Crippen MR) is 116 cm³/mol. The molecule has 0 unspecified atom stereocenters. The van der Waals surface area contributed by atoms with E-state index in [1.807, 2.05) is 49.5 Å².